The van der Waals surface area contributed by atoms with Crippen LogP contribution < -0.4 is 10.6 Å². The van der Waals surface area contributed by atoms with Crippen LogP contribution in [0.25, 0.3) is 11.3 Å². The minimum atomic E-state index is -0.146. The number of anilines is 1. The first kappa shape index (κ1) is 15.1. The highest BCUT2D eigenvalue weighted by molar-refractivity contribution is 5.90. The molecule has 0 spiro atoms. The van der Waals surface area contributed by atoms with Crippen molar-refractivity contribution in [3.63, 3.8) is 0 Å². The van der Waals surface area contributed by atoms with E-state index in [0.717, 1.165) is 23.4 Å². The Hall–Kier alpha value is -2.83. The van der Waals surface area contributed by atoms with E-state index in [1.807, 2.05) is 30.3 Å². The number of H-pyrrole nitrogens is 1. The Morgan fingerprint density at radius 1 is 1.26 bits per heavy atom. The molecule has 0 saturated carbocycles. The van der Waals surface area contributed by atoms with Crippen LogP contribution in [0.15, 0.2) is 36.5 Å². The van der Waals surface area contributed by atoms with Gasteiger partial charge in [-0.15, -0.1) is 0 Å². The lowest BCUT2D eigenvalue weighted by Gasteiger charge is -2.17. The van der Waals surface area contributed by atoms with Gasteiger partial charge in [0.1, 0.15) is 0 Å². The van der Waals surface area contributed by atoms with Gasteiger partial charge in [-0.2, -0.15) is 5.10 Å². The van der Waals surface area contributed by atoms with Crippen molar-refractivity contribution in [3.05, 3.63) is 36.5 Å². The van der Waals surface area contributed by atoms with Gasteiger partial charge in [0.15, 0.2) is 0 Å². The van der Waals surface area contributed by atoms with Crippen molar-refractivity contribution in [2.24, 2.45) is 0 Å². The Morgan fingerprint density at radius 2 is 2.04 bits per heavy atom. The molecule has 1 fully saturated rings. The lowest BCUT2D eigenvalue weighted by Crippen LogP contribution is -2.38. The quantitative estimate of drug-likeness (QED) is 0.807. The van der Waals surface area contributed by atoms with Gasteiger partial charge in [-0.3, -0.25) is 9.89 Å². The number of aromatic nitrogens is 2. The van der Waals surface area contributed by atoms with Crippen molar-refractivity contribution in [1.82, 2.24) is 20.4 Å². The molecule has 3 N–H and O–H groups in total. The molecule has 1 aromatic heterocycles. The Bertz CT molecular complexity index is 681. The molecule has 2 heterocycles. The van der Waals surface area contributed by atoms with Crippen LogP contribution in [0.1, 0.15) is 13.3 Å². The number of nitrogens with one attached hydrogen (secondary N) is 3. The highest BCUT2D eigenvalue weighted by atomic mass is 16.2. The topological polar surface area (TPSA) is 90.1 Å². The third-order valence-corrected chi connectivity index (χ3v) is 3.83. The molecule has 0 radical (unpaired) electrons. The molecular formula is C16H19N5O2. The number of carbonyl (C=O) groups is 2. The van der Waals surface area contributed by atoms with Crippen molar-refractivity contribution >= 4 is 17.6 Å². The summed E-state index contributed by atoms with van der Waals surface area (Å²) in [4.78, 5) is 25.0. The average Bonchev–Trinajstić information content (AvgIpc) is 3.19. The minimum Gasteiger partial charge on any atom is -0.352 e. The highest BCUT2D eigenvalue weighted by Gasteiger charge is 2.26. The van der Waals surface area contributed by atoms with Gasteiger partial charge >= 0.3 is 6.03 Å². The van der Waals surface area contributed by atoms with Crippen LogP contribution >= 0.6 is 0 Å². The maximum atomic E-state index is 12.2. The molecule has 120 valence electrons. The van der Waals surface area contributed by atoms with E-state index in [1.165, 1.54) is 6.92 Å². The van der Waals surface area contributed by atoms with Gasteiger partial charge in [-0.1, -0.05) is 12.1 Å². The maximum absolute atomic E-state index is 12.2. The van der Waals surface area contributed by atoms with Crippen LogP contribution in [0.2, 0.25) is 0 Å². The number of urea groups is 1. The van der Waals surface area contributed by atoms with E-state index >= 15 is 0 Å². The average molecular weight is 313 g/mol. The number of benzene rings is 1. The summed E-state index contributed by atoms with van der Waals surface area (Å²) in [5.41, 5.74) is 2.68. The smallest absolute Gasteiger partial charge is 0.321 e. The van der Waals surface area contributed by atoms with Crippen LogP contribution in [0.4, 0.5) is 10.5 Å². The number of rotatable bonds is 3. The van der Waals surface area contributed by atoms with Crippen LogP contribution in [0.3, 0.4) is 0 Å². The van der Waals surface area contributed by atoms with Crippen molar-refractivity contribution in [1.29, 1.82) is 0 Å². The Balaban J connectivity index is 1.57. The molecule has 0 bridgehead atoms. The SMILES string of the molecule is CC(=O)NC1CCN(C(=O)Nc2ccc(-c3ccn[nH]3)cc2)C1. The second-order valence-electron chi connectivity index (χ2n) is 5.61. The predicted octanol–water partition coefficient (Wildman–Crippen LogP) is 1.82. The van der Waals surface area contributed by atoms with Crippen LogP contribution in [0.5, 0.6) is 0 Å². The fraction of sp³-hybridized carbons (Fsp3) is 0.312. The van der Waals surface area contributed by atoms with Crippen LogP contribution in [-0.2, 0) is 4.79 Å². The number of aromatic amines is 1. The lowest BCUT2D eigenvalue weighted by molar-refractivity contribution is -0.119. The Morgan fingerprint density at radius 3 is 2.70 bits per heavy atom. The highest BCUT2D eigenvalue weighted by Crippen LogP contribution is 2.19. The third-order valence-electron chi connectivity index (χ3n) is 3.83. The maximum Gasteiger partial charge on any atom is 0.321 e. The van der Waals surface area contributed by atoms with Crippen molar-refractivity contribution in [3.8, 4) is 11.3 Å². The molecular weight excluding hydrogens is 294 g/mol. The monoisotopic (exact) mass is 313 g/mol. The zero-order chi connectivity index (χ0) is 16.2. The largest absolute Gasteiger partial charge is 0.352 e. The van der Waals surface area contributed by atoms with Crippen molar-refractivity contribution in [2.75, 3.05) is 18.4 Å². The molecule has 7 nitrogen and oxygen atoms in total. The van der Waals surface area contributed by atoms with Crippen molar-refractivity contribution < 1.29 is 9.59 Å². The molecule has 0 aliphatic carbocycles. The fourth-order valence-electron chi connectivity index (χ4n) is 2.70. The standard InChI is InChI=1S/C16H19N5O2/c1-11(22)18-14-7-9-21(10-14)16(23)19-13-4-2-12(3-5-13)15-6-8-17-20-15/h2-6,8,14H,7,9-10H2,1H3,(H,17,20)(H,18,22)(H,19,23). The molecule has 23 heavy (non-hydrogen) atoms. The van der Waals surface area contributed by atoms with E-state index in [9.17, 15) is 9.59 Å². The molecule has 3 rings (SSSR count). The molecule has 1 saturated heterocycles. The lowest BCUT2D eigenvalue weighted by atomic mass is 10.1. The normalized spacial score (nSPS) is 17.1. The second kappa shape index (κ2) is 6.51. The van der Waals surface area contributed by atoms with E-state index in [4.69, 9.17) is 0 Å². The zero-order valence-corrected chi connectivity index (χ0v) is 12.9. The molecule has 1 aliphatic heterocycles. The summed E-state index contributed by atoms with van der Waals surface area (Å²) >= 11 is 0. The Labute approximate surface area is 134 Å². The molecule has 2 aromatic rings. The number of amides is 3. The molecule has 1 atom stereocenters. The van der Waals surface area contributed by atoms with E-state index in [-0.39, 0.29) is 18.0 Å². The zero-order valence-electron chi connectivity index (χ0n) is 12.9. The number of carbonyl (C=O) groups excluding carboxylic acids is 2. The number of hydrogen-bond acceptors (Lipinski definition) is 3. The first-order valence-corrected chi connectivity index (χ1v) is 7.54. The van der Waals surface area contributed by atoms with Crippen LogP contribution in [-0.4, -0.2) is 46.2 Å². The summed E-state index contributed by atoms with van der Waals surface area (Å²) < 4.78 is 0. The summed E-state index contributed by atoms with van der Waals surface area (Å²) in [7, 11) is 0. The van der Waals surface area contributed by atoms with Gasteiger partial charge < -0.3 is 15.5 Å². The fourth-order valence-corrected chi connectivity index (χ4v) is 2.70. The molecule has 1 aliphatic rings. The summed E-state index contributed by atoms with van der Waals surface area (Å²) in [6, 6.07) is 9.35. The van der Waals surface area contributed by atoms with Gasteiger partial charge in [0, 0.05) is 37.9 Å². The summed E-state index contributed by atoms with van der Waals surface area (Å²) in [5, 5.41) is 12.5. The second-order valence-corrected chi connectivity index (χ2v) is 5.61. The van der Waals surface area contributed by atoms with E-state index in [2.05, 4.69) is 20.8 Å². The van der Waals surface area contributed by atoms with E-state index in [1.54, 1.807) is 11.1 Å². The van der Waals surface area contributed by atoms with Gasteiger partial charge in [0.25, 0.3) is 0 Å². The first-order chi connectivity index (χ1) is 11.1. The summed E-state index contributed by atoms with van der Waals surface area (Å²) in [6.45, 7) is 2.67. The predicted molar refractivity (Wildman–Crippen MR) is 86.8 cm³/mol. The van der Waals surface area contributed by atoms with Gasteiger partial charge in [-0.05, 0) is 30.2 Å². The summed E-state index contributed by atoms with van der Waals surface area (Å²) in [5.74, 6) is -0.0633. The Kier molecular flexibility index (Phi) is 4.27. The third kappa shape index (κ3) is 3.68. The molecule has 1 aromatic carbocycles. The number of hydrogen-bond donors (Lipinski definition) is 3. The number of nitrogens with zero attached hydrogens (tertiary/aromatic N) is 2. The van der Waals surface area contributed by atoms with E-state index < -0.39 is 0 Å². The van der Waals surface area contributed by atoms with Crippen molar-refractivity contribution in [2.45, 2.75) is 19.4 Å². The summed E-state index contributed by atoms with van der Waals surface area (Å²) in [6.07, 6.45) is 2.48. The minimum absolute atomic E-state index is 0.0426. The van der Waals surface area contributed by atoms with Gasteiger partial charge in [0.2, 0.25) is 5.91 Å². The van der Waals surface area contributed by atoms with E-state index in [0.29, 0.717) is 13.1 Å². The molecule has 1 unspecified atom stereocenters. The molecule has 3 amide bonds. The first-order valence-electron chi connectivity index (χ1n) is 7.54. The molecule has 7 heteroatoms. The van der Waals surface area contributed by atoms with Crippen LogP contribution in [0, 0.1) is 0 Å². The van der Waals surface area contributed by atoms with Gasteiger partial charge in [0.05, 0.1) is 5.69 Å². The van der Waals surface area contributed by atoms with Gasteiger partial charge in [-0.25, -0.2) is 4.79 Å². The number of likely N-dealkylation sites (tertiary alicyclic amines) is 1.